The molecule has 1 aromatic carbocycles. The Labute approximate surface area is 104 Å². The van der Waals surface area contributed by atoms with Crippen molar-refractivity contribution in [3.63, 3.8) is 0 Å². The van der Waals surface area contributed by atoms with Crippen molar-refractivity contribution in [1.29, 1.82) is 0 Å². The summed E-state index contributed by atoms with van der Waals surface area (Å²) in [5.74, 6) is -0.660. The van der Waals surface area contributed by atoms with Gasteiger partial charge in [0.2, 0.25) is 5.91 Å². The number of Topliss-reactive ketones (excluding diaryl/α,β-unsaturated/α-hetero) is 1. The molecule has 5 nitrogen and oxygen atoms in total. The predicted octanol–water partition coefficient (Wildman–Crippen LogP) is 0.726. The Morgan fingerprint density at radius 1 is 1.33 bits per heavy atom. The van der Waals surface area contributed by atoms with Crippen LogP contribution in [0, 0.1) is 0 Å². The monoisotopic (exact) mass is 245 g/mol. The maximum Gasteiger partial charge on any atom is 0.234 e. The molecule has 18 heavy (non-hydrogen) atoms. The highest BCUT2D eigenvalue weighted by molar-refractivity contribution is 6.01. The number of carbonyl (C=O) groups is 2. The van der Waals surface area contributed by atoms with Gasteiger partial charge < -0.3 is 16.5 Å². The third-order valence-electron chi connectivity index (χ3n) is 2.96. The lowest BCUT2D eigenvalue weighted by atomic mass is 10.0. The number of nitrogens with one attached hydrogen (secondary N) is 1. The van der Waals surface area contributed by atoms with Crippen LogP contribution in [0.15, 0.2) is 24.3 Å². The van der Waals surface area contributed by atoms with Crippen LogP contribution in [-0.4, -0.2) is 22.7 Å². The molecule has 2 rings (SSSR count). The molecule has 0 aliphatic rings. The number of rotatable bonds is 4. The zero-order valence-corrected chi connectivity index (χ0v) is 10.1. The highest BCUT2D eigenvalue weighted by Gasteiger charge is 2.19. The van der Waals surface area contributed by atoms with Gasteiger partial charge in [-0.1, -0.05) is 18.2 Å². The third kappa shape index (κ3) is 2.12. The Morgan fingerprint density at radius 2 is 2.00 bits per heavy atom. The number of aromatic nitrogens is 1. The van der Waals surface area contributed by atoms with Gasteiger partial charge in [-0.05, 0) is 18.1 Å². The molecule has 94 valence electrons. The minimum absolute atomic E-state index is 0.0853. The lowest BCUT2D eigenvalue weighted by Gasteiger charge is -2.07. The van der Waals surface area contributed by atoms with E-state index in [4.69, 9.17) is 11.5 Å². The van der Waals surface area contributed by atoms with Crippen molar-refractivity contribution in [3.05, 3.63) is 35.5 Å². The van der Waals surface area contributed by atoms with E-state index in [1.807, 2.05) is 24.3 Å². The molecule has 0 aliphatic heterocycles. The molecule has 1 atom stereocenters. The van der Waals surface area contributed by atoms with Gasteiger partial charge in [0.25, 0.3) is 0 Å². The van der Waals surface area contributed by atoms with Crippen LogP contribution in [0.3, 0.4) is 0 Å². The zero-order chi connectivity index (χ0) is 13.3. The van der Waals surface area contributed by atoms with Gasteiger partial charge in [0.1, 0.15) is 0 Å². The highest BCUT2D eigenvalue weighted by atomic mass is 16.1. The number of aromatic amines is 1. The Hall–Kier alpha value is -2.14. The lowest BCUT2D eigenvalue weighted by Crippen LogP contribution is -2.38. The number of ketones is 1. The van der Waals surface area contributed by atoms with Gasteiger partial charge in [0.15, 0.2) is 5.78 Å². The summed E-state index contributed by atoms with van der Waals surface area (Å²) in [6.07, 6.45) is 0.258. The summed E-state index contributed by atoms with van der Waals surface area (Å²) in [6.45, 7) is 1.48. The molecule has 1 aromatic heterocycles. The average molecular weight is 245 g/mol. The van der Waals surface area contributed by atoms with Gasteiger partial charge >= 0.3 is 0 Å². The summed E-state index contributed by atoms with van der Waals surface area (Å²) in [5, 5.41) is 0.902. The first-order chi connectivity index (χ1) is 8.50. The quantitative estimate of drug-likeness (QED) is 0.692. The first kappa shape index (κ1) is 12.3. The third-order valence-corrected chi connectivity index (χ3v) is 2.96. The van der Waals surface area contributed by atoms with Crippen LogP contribution in [0.5, 0.6) is 0 Å². The maximum atomic E-state index is 11.6. The molecule has 1 amide bonds. The Morgan fingerprint density at radius 3 is 2.61 bits per heavy atom. The number of hydrogen-bond donors (Lipinski definition) is 3. The fraction of sp³-hybridized carbons (Fsp3) is 0.231. The minimum Gasteiger partial charge on any atom is -0.368 e. The van der Waals surface area contributed by atoms with Crippen molar-refractivity contribution < 1.29 is 9.59 Å². The van der Waals surface area contributed by atoms with E-state index >= 15 is 0 Å². The fourth-order valence-electron chi connectivity index (χ4n) is 2.03. The molecular weight excluding hydrogens is 230 g/mol. The Kier molecular flexibility index (Phi) is 3.16. The van der Waals surface area contributed by atoms with Gasteiger partial charge in [-0.3, -0.25) is 9.59 Å². The number of hydrogen-bond acceptors (Lipinski definition) is 3. The molecule has 0 fully saturated rings. The second-order valence-electron chi connectivity index (χ2n) is 4.29. The van der Waals surface area contributed by atoms with E-state index in [1.165, 1.54) is 6.92 Å². The van der Waals surface area contributed by atoms with Crippen LogP contribution in [-0.2, 0) is 11.2 Å². The molecule has 1 heterocycles. The number of fused-ring (bicyclic) bond motifs is 1. The Bertz CT molecular complexity index is 616. The summed E-state index contributed by atoms with van der Waals surface area (Å²) in [7, 11) is 0. The van der Waals surface area contributed by atoms with Crippen LogP contribution >= 0.6 is 0 Å². The highest BCUT2D eigenvalue weighted by Crippen LogP contribution is 2.23. The molecule has 0 saturated carbocycles. The molecule has 0 radical (unpaired) electrons. The number of nitrogens with two attached hydrogens (primary N) is 2. The second-order valence-corrected chi connectivity index (χ2v) is 4.29. The molecule has 5 N–H and O–H groups in total. The van der Waals surface area contributed by atoms with Crippen LogP contribution in [0.1, 0.15) is 23.0 Å². The largest absolute Gasteiger partial charge is 0.368 e. The van der Waals surface area contributed by atoms with Crippen molar-refractivity contribution in [2.75, 3.05) is 0 Å². The predicted molar refractivity (Wildman–Crippen MR) is 69.2 cm³/mol. The molecule has 1 unspecified atom stereocenters. The van der Waals surface area contributed by atoms with Gasteiger partial charge in [-0.25, -0.2) is 0 Å². The van der Waals surface area contributed by atoms with Crippen molar-refractivity contribution in [2.24, 2.45) is 11.5 Å². The molecule has 0 saturated heterocycles. The van der Waals surface area contributed by atoms with Gasteiger partial charge in [-0.2, -0.15) is 0 Å². The maximum absolute atomic E-state index is 11.6. The fourth-order valence-corrected chi connectivity index (χ4v) is 2.03. The number of primary amides is 1. The first-order valence-electron chi connectivity index (χ1n) is 5.66. The summed E-state index contributed by atoms with van der Waals surface area (Å²) in [6, 6.07) is 6.73. The van der Waals surface area contributed by atoms with Crippen LogP contribution in [0.25, 0.3) is 10.9 Å². The van der Waals surface area contributed by atoms with E-state index in [-0.39, 0.29) is 12.2 Å². The van der Waals surface area contributed by atoms with Gasteiger partial charge in [-0.15, -0.1) is 0 Å². The summed E-state index contributed by atoms with van der Waals surface area (Å²) < 4.78 is 0. The van der Waals surface area contributed by atoms with E-state index in [0.29, 0.717) is 5.69 Å². The molecule has 5 heteroatoms. The van der Waals surface area contributed by atoms with Crippen molar-refractivity contribution in [2.45, 2.75) is 19.4 Å². The van der Waals surface area contributed by atoms with Crippen molar-refractivity contribution in [1.82, 2.24) is 4.98 Å². The minimum atomic E-state index is -0.790. The number of benzene rings is 1. The smallest absolute Gasteiger partial charge is 0.234 e. The number of H-pyrrole nitrogens is 1. The van der Waals surface area contributed by atoms with Gasteiger partial charge in [0.05, 0.1) is 11.7 Å². The van der Waals surface area contributed by atoms with Gasteiger partial charge in [0, 0.05) is 17.8 Å². The summed E-state index contributed by atoms with van der Waals surface area (Å²) in [4.78, 5) is 25.7. The number of carbonyl (C=O) groups excluding carboxylic acids is 2. The second kappa shape index (κ2) is 4.62. The lowest BCUT2D eigenvalue weighted by molar-refractivity contribution is -0.119. The van der Waals surface area contributed by atoms with E-state index in [2.05, 4.69) is 4.98 Å². The first-order valence-corrected chi connectivity index (χ1v) is 5.66. The average Bonchev–Trinajstić information content (AvgIpc) is 2.68. The van der Waals surface area contributed by atoms with E-state index in [9.17, 15) is 9.59 Å². The van der Waals surface area contributed by atoms with Crippen molar-refractivity contribution >= 4 is 22.6 Å². The standard InChI is InChI=1S/C13H15N3O2/c1-7(17)12-9(6-10(14)13(15)18)8-4-2-3-5-11(8)16-12/h2-5,10,16H,6,14H2,1H3,(H2,15,18). The SMILES string of the molecule is CC(=O)c1[nH]c2ccccc2c1CC(N)C(N)=O. The molecule has 0 bridgehead atoms. The van der Waals surface area contributed by atoms with Crippen LogP contribution in [0.4, 0.5) is 0 Å². The van der Waals surface area contributed by atoms with E-state index in [0.717, 1.165) is 16.5 Å². The normalized spacial score (nSPS) is 12.6. The van der Waals surface area contributed by atoms with Crippen LogP contribution in [0.2, 0.25) is 0 Å². The molecule has 2 aromatic rings. The zero-order valence-electron chi connectivity index (χ0n) is 10.1. The number of para-hydroxylation sites is 1. The summed E-state index contributed by atoms with van der Waals surface area (Å²) in [5.41, 5.74) is 12.9. The van der Waals surface area contributed by atoms with E-state index in [1.54, 1.807) is 0 Å². The van der Waals surface area contributed by atoms with Crippen LogP contribution < -0.4 is 11.5 Å². The summed E-state index contributed by atoms with van der Waals surface area (Å²) >= 11 is 0. The van der Waals surface area contributed by atoms with Crippen molar-refractivity contribution in [3.8, 4) is 0 Å². The Balaban J connectivity index is 2.55. The molecular formula is C13H15N3O2. The molecule has 0 aliphatic carbocycles. The van der Waals surface area contributed by atoms with E-state index < -0.39 is 11.9 Å². The molecule has 0 spiro atoms. The topological polar surface area (TPSA) is 102 Å². The number of amides is 1.